The summed E-state index contributed by atoms with van der Waals surface area (Å²) in [6.45, 7) is 6.03. The number of hydrogen-bond donors (Lipinski definition) is 2. The van der Waals surface area contributed by atoms with E-state index in [1.54, 1.807) is 12.1 Å². The van der Waals surface area contributed by atoms with E-state index in [2.05, 4.69) is 10.6 Å². The Bertz CT molecular complexity index is 662. The predicted octanol–water partition coefficient (Wildman–Crippen LogP) is 2.02. The molecule has 8 nitrogen and oxygen atoms in total. The Balaban J connectivity index is 1.85. The van der Waals surface area contributed by atoms with Crippen LogP contribution in [0.4, 0.5) is 11.4 Å². The van der Waals surface area contributed by atoms with Gasteiger partial charge in [0.25, 0.3) is 5.69 Å². The van der Waals surface area contributed by atoms with Crippen LogP contribution in [0, 0.1) is 22.0 Å². The third-order valence-corrected chi connectivity index (χ3v) is 4.43. The molecule has 1 aliphatic heterocycles. The number of para-hydroxylation sites is 2. The molecule has 0 bridgehead atoms. The summed E-state index contributed by atoms with van der Waals surface area (Å²) in [5, 5.41) is 16.6. The van der Waals surface area contributed by atoms with Crippen molar-refractivity contribution < 1.29 is 14.5 Å². The normalized spacial score (nSPS) is 17.7. The number of rotatable bonds is 7. The Morgan fingerprint density at radius 1 is 1.35 bits per heavy atom. The maximum absolute atomic E-state index is 12.3. The molecule has 2 rings (SSSR count). The first-order valence-corrected chi connectivity index (χ1v) is 8.90. The molecule has 1 atom stereocenters. The number of likely N-dealkylation sites (tertiary alicyclic amines) is 1. The van der Waals surface area contributed by atoms with Crippen molar-refractivity contribution in [2.75, 3.05) is 31.5 Å². The summed E-state index contributed by atoms with van der Waals surface area (Å²) in [6, 6.07) is 6.10. The van der Waals surface area contributed by atoms with Gasteiger partial charge in [-0.1, -0.05) is 26.0 Å². The van der Waals surface area contributed by atoms with Crippen LogP contribution in [0.15, 0.2) is 24.3 Å². The highest BCUT2D eigenvalue weighted by Gasteiger charge is 2.23. The Labute approximate surface area is 153 Å². The van der Waals surface area contributed by atoms with E-state index in [-0.39, 0.29) is 35.7 Å². The molecule has 0 saturated carbocycles. The molecule has 2 amide bonds. The second-order valence-electron chi connectivity index (χ2n) is 6.97. The zero-order chi connectivity index (χ0) is 19.1. The number of amides is 2. The van der Waals surface area contributed by atoms with Crippen molar-refractivity contribution in [3.05, 3.63) is 34.4 Å². The average molecular weight is 362 g/mol. The van der Waals surface area contributed by atoms with Gasteiger partial charge in [-0.25, -0.2) is 0 Å². The van der Waals surface area contributed by atoms with Gasteiger partial charge < -0.3 is 10.6 Å². The summed E-state index contributed by atoms with van der Waals surface area (Å²) >= 11 is 0. The predicted molar refractivity (Wildman–Crippen MR) is 98.7 cm³/mol. The second-order valence-corrected chi connectivity index (χ2v) is 6.97. The second kappa shape index (κ2) is 9.28. The number of carbonyl (C=O) groups excluding carboxylic acids is 2. The monoisotopic (exact) mass is 362 g/mol. The van der Waals surface area contributed by atoms with E-state index >= 15 is 0 Å². The molecule has 1 saturated heterocycles. The number of carbonyl (C=O) groups is 2. The molecule has 1 heterocycles. The number of hydrogen-bond acceptors (Lipinski definition) is 5. The van der Waals surface area contributed by atoms with Gasteiger partial charge in [0.2, 0.25) is 11.8 Å². The Morgan fingerprint density at radius 2 is 2.08 bits per heavy atom. The largest absolute Gasteiger partial charge is 0.356 e. The van der Waals surface area contributed by atoms with Crippen LogP contribution in [0.1, 0.15) is 26.7 Å². The molecule has 0 spiro atoms. The lowest BCUT2D eigenvalue weighted by atomic mass is 9.97. The molecule has 2 N–H and O–H groups in total. The fourth-order valence-electron chi connectivity index (χ4n) is 3.04. The molecule has 142 valence electrons. The van der Waals surface area contributed by atoms with Gasteiger partial charge in [-0.2, -0.15) is 0 Å². The van der Waals surface area contributed by atoms with E-state index in [9.17, 15) is 19.7 Å². The Hall–Kier alpha value is -2.48. The maximum Gasteiger partial charge on any atom is 0.292 e. The molecule has 1 unspecified atom stereocenters. The number of anilines is 1. The van der Waals surface area contributed by atoms with Crippen LogP contribution < -0.4 is 10.6 Å². The van der Waals surface area contributed by atoms with Gasteiger partial charge in [0.05, 0.1) is 11.5 Å². The lowest BCUT2D eigenvalue weighted by molar-refractivity contribution is -0.383. The lowest BCUT2D eigenvalue weighted by Gasteiger charge is -2.32. The molecule has 8 heteroatoms. The quantitative estimate of drug-likeness (QED) is 0.570. The highest BCUT2D eigenvalue weighted by Crippen LogP contribution is 2.23. The summed E-state index contributed by atoms with van der Waals surface area (Å²) in [5.41, 5.74) is 0.0917. The minimum Gasteiger partial charge on any atom is -0.356 e. The molecular formula is C18H26N4O4. The van der Waals surface area contributed by atoms with Crippen LogP contribution >= 0.6 is 0 Å². The SMILES string of the molecule is CC(C)C(=O)NCC1CCCN(CC(=O)Nc2ccccc2[N+](=O)[O-])C1. The van der Waals surface area contributed by atoms with E-state index in [0.29, 0.717) is 12.5 Å². The average Bonchev–Trinajstić information content (AvgIpc) is 2.60. The van der Waals surface area contributed by atoms with Crippen molar-refractivity contribution in [1.29, 1.82) is 0 Å². The first-order valence-electron chi connectivity index (χ1n) is 8.90. The third kappa shape index (κ3) is 5.80. The third-order valence-electron chi connectivity index (χ3n) is 4.43. The minimum atomic E-state index is -0.510. The number of nitrogens with one attached hydrogen (secondary N) is 2. The van der Waals surface area contributed by atoms with Crippen molar-refractivity contribution in [2.24, 2.45) is 11.8 Å². The van der Waals surface area contributed by atoms with E-state index in [1.165, 1.54) is 12.1 Å². The Kier molecular flexibility index (Phi) is 7.08. The first kappa shape index (κ1) is 19.8. The van der Waals surface area contributed by atoms with Crippen molar-refractivity contribution >= 4 is 23.2 Å². The standard InChI is InChI=1S/C18H26N4O4/c1-13(2)18(24)19-10-14-6-5-9-21(11-14)12-17(23)20-15-7-3-4-8-16(15)22(25)26/h3-4,7-8,13-14H,5-6,9-12H2,1-2H3,(H,19,24)(H,20,23). The molecule has 26 heavy (non-hydrogen) atoms. The van der Waals surface area contributed by atoms with Gasteiger partial charge in [-0.3, -0.25) is 24.6 Å². The van der Waals surface area contributed by atoms with E-state index in [1.807, 2.05) is 18.7 Å². The van der Waals surface area contributed by atoms with Crippen LogP contribution in [0.2, 0.25) is 0 Å². The van der Waals surface area contributed by atoms with Crippen molar-refractivity contribution in [1.82, 2.24) is 10.2 Å². The zero-order valence-electron chi connectivity index (χ0n) is 15.2. The van der Waals surface area contributed by atoms with Crippen molar-refractivity contribution in [2.45, 2.75) is 26.7 Å². The molecular weight excluding hydrogens is 336 g/mol. The van der Waals surface area contributed by atoms with Gasteiger partial charge in [0, 0.05) is 25.1 Å². The van der Waals surface area contributed by atoms with E-state index < -0.39 is 4.92 Å². The first-order chi connectivity index (χ1) is 12.4. The van der Waals surface area contributed by atoms with E-state index in [4.69, 9.17) is 0 Å². The van der Waals surface area contributed by atoms with E-state index in [0.717, 1.165) is 25.9 Å². The summed E-state index contributed by atoms with van der Waals surface area (Å²) in [6.07, 6.45) is 1.97. The summed E-state index contributed by atoms with van der Waals surface area (Å²) < 4.78 is 0. The smallest absolute Gasteiger partial charge is 0.292 e. The number of nitro benzene ring substituents is 1. The van der Waals surface area contributed by atoms with Gasteiger partial charge in [-0.15, -0.1) is 0 Å². The molecule has 0 aromatic heterocycles. The molecule has 1 aromatic rings. The Morgan fingerprint density at radius 3 is 2.77 bits per heavy atom. The van der Waals surface area contributed by atoms with Crippen LogP contribution in [0.5, 0.6) is 0 Å². The van der Waals surface area contributed by atoms with Gasteiger partial charge in [-0.05, 0) is 31.4 Å². The van der Waals surface area contributed by atoms with Crippen LogP contribution in [-0.2, 0) is 9.59 Å². The maximum atomic E-state index is 12.3. The number of benzene rings is 1. The lowest BCUT2D eigenvalue weighted by Crippen LogP contribution is -2.44. The van der Waals surface area contributed by atoms with Gasteiger partial charge in [0.15, 0.2) is 0 Å². The topological polar surface area (TPSA) is 105 Å². The fraction of sp³-hybridized carbons (Fsp3) is 0.556. The van der Waals surface area contributed by atoms with Gasteiger partial charge in [0.1, 0.15) is 5.69 Å². The molecule has 0 aliphatic carbocycles. The highest BCUT2D eigenvalue weighted by molar-refractivity contribution is 5.94. The van der Waals surface area contributed by atoms with Crippen LogP contribution in [0.25, 0.3) is 0 Å². The molecule has 1 aromatic carbocycles. The highest BCUT2D eigenvalue weighted by atomic mass is 16.6. The van der Waals surface area contributed by atoms with Crippen molar-refractivity contribution in [3.8, 4) is 0 Å². The van der Waals surface area contributed by atoms with Crippen LogP contribution in [0.3, 0.4) is 0 Å². The number of nitrogens with zero attached hydrogens (tertiary/aromatic N) is 2. The summed E-state index contributed by atoms with van der Waals surface area (Å²) in [5.74, 6) is 0.0369. The minimum absolute atomic E-state index is 0.0382. The van der Waals surface area contributed by atoms with Crippen molar-refractivity contribution in [3.63, 3.8) is 0 Å². The van der Waals surface area contributed by atoms with Gasteiger partial charge >= 0.3 is 0 Å². The van der Waals surface area contributed by atoms with Crippen LogP contribution in [-0.4, -0.2) is 47.8 Å². The molecule has 0 radical (unpaired) electrons. The zero-order valence-corrected chi connectivity index (χ0v) is 15.2. The molecule has 1 aliphatic rings. The number of nitro groups is 1. The summed E-state index contributed by atoms with van der Waals surface area (Å²) in [4.78, 5) is 36.5. The molecule has 1 fully saturated rings. The summed E-state index contributed by atoms with van der Waals surface area (Å²) in [7, 11) is 0. The number of piperidine rings is 1. The fourth-order valence-corrected chi connectivity index (χ4v) is 3.04.